The van der Waals surface area contributed by atoms with E-state index in [4.69, 9.17) is 19.6 Å². The number of aliphatic imine (C=N–C) groups is 1. The fourth-order valence-corrected chi connectivity index (χ4v) is 4.41. The number of amides is 1. The Morgan fingerprint density at radius 2 is 1.74 bits per heavy atom. The zero-order valence-corrected chi connectivity index (χ0v) is 21.9. The molecule has 1 aliphatic heterocycles. The van der Waals surface area contributed by atoms with E-state index in [1.807, 2.05) is 97.1 Å². The molecule has 0 unspecified atom stereocenters. The summed E-state index contributed by atoms with van der Waals surface area (Å²) in [5.74, 6) is 0.991. The summed E-state index contributed by atoms with van der Waals surface area (Å²) in [4.78, 5) is 18.9. The zero-order chi connectivity index (χ0) is 26.6. The highest BCUT2D eigenvalue weighted by Crippen LogP contribution is 2.43. The molecule has 1 amide bonds. The van der Waals surface area contributed by atoms with Gasteiger partial charge in [-0.15, -0.1) is 0 Å². The molecule has 2 atom stereocenters. The van der Waals surface area contributed by atoms with Gasteiger partial charge in [-0.05, 0) is 41.8 Å². The highest BCUT2D eigenvalue weighted by molar-refractivity contribution is 6.01. The number of nitrogens with zero attached hydrogens (tertiary/aromatic N) is 1. The fraction of sp³-hybridized carbons (Fsp3) is 0.312. The van der Waals surface area contributed by atoms with E-state index in [0.717, 1.165) is 29.5 Å². The van der Waals surface area contributed by atoms with E-state index in [-0.39, 0.29) is 12.5 Å². The maximum absolute atomic E-state index is 13.9. The van der Waals surface area contributed by atoms with Crippen LogP contribution >= 0.6 is 0 Å². The summed E-state index contributed by atoms with van der Waals surface area (Å²) in [7, 11) is 0. The van der Waals surface area contributed by atoms with Gasteiger partial charge in [-0.3, -0.25) is 4.79 Å². The van der Waals surface area contributed by atoms with Crippen LogP contribution in [0.3, 0.4) is 0 Å². The fourth-order valence-electron chi connectivity index (χ4n) is 4.41. The predicted octanol–water partition coefficient (Wildman–Crippen LogP) is 5.72. The van der Waals surface area contributed by atoms with Crippen molar-refractivity contribution in [1.82, 2.24) is 5.32 Å². The number of hydrogen-bond donors (Lipinski definition) is 2. The molecule has 1 aliphatic rings. The van der Waals surface area contributed by atoms with Crippen molar-refractivity contribution < 1.29 is 19.4 Å². The molecule has 6 nitrogen and oxygen atoms in total. The SMILES string of the molecule is CCCCNC(=O)[C@]1(C/C=C/c2ccccc2)N=C(c2ccc(OCCCO)cc2)O[C@@H]1c1ccccc1. The molecule has 0 radical (unpaired) electrons. The average molecular weight is 513 g/mol. The van der Waals surface area contributed by atoms with Crippen LogP contribution in [0.2, 0.25) is 0 Å². The van der Waals surface area contributed by atoms with Crippen molar-refractivity contribution >= 4 is 17.9 Å². The van der Waals surface area contributed by atoms with Gasteiger partial charge in [0.1, 0.15) is 5.75 Å². The van der Waals surface area contributed by atoms with Crippen molar-refractivity contribution in [3.8, 4) is 5.75 Å². The number of carbonyl (C=O) groups excluding carboxylic acids is 1. The van der Waals surface area contributed by atoms with E-state index in [2.05, 4.69) is 12.2 Å². The number of nitrogens with one attached hydrogen (secondary N) is 1. The Morgan fingerprint density at radius 3 is 2.42 bits per heavy atom. The van der Waals surface area contributed by atoms with Crippen LogP contribution in [0.1, 0.15) is 55.4 Å². The van der Waals surface area contributed by atoms with Crippen molar-refractivity contribution in [2.24, 2.45) is 4.99 Å². The summed E-state index contributed by atoms with van der Waals surface area (Å²) in [6.07, 6.45) is 6.29. The molecule has 0 aromatic heterocycles. The first kappa shape index (κ1) is 27.1. The summed E-state index contributed by atoms with van der Waals surface area (Å²) < 4.78 is 12.2. The molecule has 38 heavy (non-hydrogen) atoms. The number of carbonyl (C=O) groups is 1. The third kappa shape index (κ3) is 6.69. The topological polar surface area (TPSA) is 80.2 Å². The largest absolute Gasteiger partial charge is 0.494 e. The van der Waals surface area contributed by atoms with E-state index >= 15 is 0 Å². The van der Waals surface area contributed by atoms with Gasteiger partial charge >= 0.3 is 0 Å². The number of rotatable bonds is 13. The van der Waals surface area contributed by atoms with Crippen molar-refractivity contribution in [2.45, 2.75) is 44.2 Å². The smallest absolute Gasteiger partial charge is 0.252 e. The Morgan fingerprint density at radius 1 is 1.03 bits per heavy atom. The van der Waals surface area contributed by atoms with Crippen LogP contribution in [0.25, 0.3) is 6.08 Å². The Hall–Kier alpha value is -3.90. The van der Waals surface area contributed by atoms with Crippen molar-refractivity contribution in [1.29, 1.82) is 0 Å². The van der Waals surface area contributed by atoms with Gasteiger partial charge in [0.25, 0.3) is 5.91 Å². The molecule has 2 N–H and O–H groups in total. The first-order valence-electron chi connectivity index (χ1n) is 13.3. The molecule has 4 rings (SSSR count). The Labute approximate surface area is 225 Å². The third-order valence-electron chi connectivity index (χ3n) is 6.49. The second-order valence-corrected chi connectivity index (χ2v) is 9.33. The van der Waals surface area contributed by atoms with E-state index in [0.29, 0.717) is 37.6 Å². The van der Waals surface area contributed by atoms with Crippen LogP contribution in [0.4, 0.5) is 0 Å². The summed E-state index contributed by atoms with van der Waals surface area (Å²) in [5, 5.41) is 12.1. The van der Waals surface area contributed by atoms with Crippen molar-refractivity contribution in [2.75, 3.05) is 19.8 Å². The lowest BCUT2D eigenvalue weighted by molar-refractivity contribution is -0.128. The molecule has 0 aliphatic carbocycles. The Balaban J connectivity index is 1.69. The third-order valence-corrected chi connectivity index (χ3v) is 6.49. The number of aliphatic hydroxyl groups is 1. The van der Waals surface area contributed by atoms with Gasteiger partial charge in [0.05, 0.1) is 6.61 Å². The van der Waals surface area contributed by atoms with E-state index < -0.39 is 11.6 Å². The number of ether oxygens (including phenoxy) is 2. The molecular weight excluding hydrogens is 476 g/mol. The molecule has 198 valence electrons. The Bertz CT molecular complexity index is 1210. The van der Waals surface area contributed by atoms with E-state index in [1.165, 1.54) is 0 Å². The van der Waals surface area contributed by atoms with Crippen LogP contribution in [-0.2, 0) is 9.53 Å². The van der Waals surface area contributed by atoms with Gasteiger partial charge in [0.2, 0.25) is 5.90 Å². The summed E-state index contributed by atoms with van der Waals surface area (Å²) in [6, 6.07) is 27.3. The lowest BCUT2D eigenvalue weighted by atomic mass is 9.84. The number of benzene rings is 3. The summed E-state index contributed by atoms with van der Waals surface area (Å²) >= 11 is 0. The predicted molar refractivity (Wildman–Crippen MR) is 151 cm³/mol. The van der Waals surface area contributed by atoms with Crippen molar-refractivity contribution in [3.63, 3.8) is 0 Å². The van der Waals surface area contributed by atoms with Gasteiger partial charge in [0.15, 0.2) is 11.6 Å². The molecule has 3 aromatic rings. The van der Waals surface area contributed by atoms with Gasteiger partial charge in [-0.2, -0.15) is 0 Å². The quantitative estimate of drug-likeness (QED) is 0.287. The molecule has 1 heterocycles. The monoisotopic (exact) mass is 512 g/mol. The van der Waals surface area contributed by atoms with Crippen LogP contribution in [-0.4, -0.2) is 42.2 Å². The molecular formula is C32H36N2O4. The number of aliphatic hydroxyl groups excluding tert-OH is 1. The highest BCUT2D eigenvalue weighted by Gasteiger charge is 2.52. The van der Waals surface area contributed by atoms with Crippen LogP contribution in [0.5, 0.6) is 5.75 Å². The minimum Gasteiger partial charge on any atom is -0.494 e. The standard InChI is InChI=1S/C32H36N2O4/c1-2-3-22-33-31(36)32(21-10-14-25-12-6-4-7-13-25)29(26-15-8-5-9-16-26)38-30(34-32)27-17-19-28(20-18-27)37-24-11-23-35/h4-10,12-20,29,35H,2-3,11,21-24H2,1H3,(H,33,36)/b14-10+/t29-,32-/m1/s1. The average Bonchev–Trinajstić information content (AvgIpc) is 3.35. The molecule has 6 heteroatoms. The first-order valence-corrected chi connectivity index (χ1v) is 13.3. The molecule has 0 fully saturated rings. The number of hydrogen-bond acceptors (Lipinski definition) is 5. The van der Waals surface area contributed by atoms with Gasteiger partial charge in [0, 0.05) is 31.6 Å². The first-order chi connectivity index (χ1) is 18.7. The maximum Gasteiger partial charge on any atom is 0.252 e. The molecule has 0 saturated carbocycles. The van der Waals surface area contributed by atoms with Gasteiger partial charge in [-0.1, -0.05) is 86.2 Å². The van der Waals surface area contributed by atoms with Gasteiger partial charge in [-0.25, -0.2) is 4.99 Å². The normalized spacial score (nSPS) is 18.7. The highest BCUT2D eigenvalue weighted by atomic mass is 16.5. The zero-order valence-electron chi connectivity index (χ0n) is 21.9. The second-order valence-electron chi connectivity index (χ2n) is 9.33. The minimum absolute atomic E-state index is 0.0880. The molecule has 3 aromatic carbocycles. The van der Waals surface area contributed by atoms with Crippen molar-refractivity contribution in [3.05, 3.63) is 108 Å². The summed E-state index contributed by atoms with van der Waals surface area (Å²) in [6.45, 7) is 3.22. The van der Waals surface area contributed by atoms with Crippen LogP contribution in [0, 0.1) is 0 Å². The maximum atomic E-state index is 13.9. The second kappa shape index (κ2) is 13.6. The minimum atomic E-state index is -1.16. The lowest BCUT2D eigenvalue weighted by Gasteiger charge is -2.29. The summed E-state index contributed by atoms with van der Waals surface area (Å²) in [5.41, 5.74) is 1.57. The van der Waals surface area contributed by atoms with Gasteiger partial charge < -0.3 is 19.9 Å². The van der Waals surface area contributed by atoms with E-state index in [9.17, 15) is 4.79 Å². The van der Waals surface area contributed by atoms with Crippen LogP contribution < -0.4 is 10.1 Å². The molecule has 0 bridgehead atoms. The lowest BCUT2D eigenvalue weighted by Crippen LogP contribution is -2.48. The molecule has 0 saturated heterocycles. The van der Waals surface area contributed by atoms with Crippen LogP contribution in [0.15, 0.2) is 96.0 Å². The molecule has 0 spiro atoms. The van der Waals surface area contributed by atoms with E-state index in [1.54, 1.807) is 0 Å². The Kier molecular flexibility index (Phi) is 9.71. The number of unbranched alkanes of at least 4 members (excludes halogenated alkanes) is 1.